The Hall–Kier alpha value is -1.81. The molecule has 2 aromatic rings. The monoisotopic (exact) mass is 152 g/mol. The van der Waals surface area contributed by atoms with Crippen molar-refractivity contribution >= 4 is 10.8 Å². The highest BCUT2D eigenvalue weighted by Gasteiger charge is 1.96. The first-order valence-electron chi connectivity index (χ1n) is 3.79. The van der Waals surface area contributed by atoms with Gasteiger partial charge >= 0.3 is 0 Å². The number of nitriles is 1. The lowest BCUT2D eigenvalue weighted by Gasteiger charge is -1.97. The molecule has 2 rings (SSSR count). The van der Waals surface area contributed by atoms with Crippen LogP contribution in [-0.4, -0.2) is 0 Å². The normalized spacial score (nSPS) is 9.58. The Morgan fingerprint density at radius 2 is 1.67 bits per heavy atom. The molecular formula is C11H7N. The summed E-state index contributed by atoms with van der Waals surface area (Å²) >= 11 is 0. The van der Waals surface area contributed by atoms with Gasteiger partial charge < -0.3 is 0 Å². The number of nitrogens with zero attached hydrogens (tertiary/aromatic N) is 1. The van der Waals surface area contributed by atoms with E-state index in [9.17, 15) is 0 Å². The minimum atomic E-state index is 0.744. The molecule has 0 saturated heterocycles. The second kappa shape index (κ2) is 2.67. The Morgan fingerprint density at radius 1 is 0.917 bits per heavy atom. The molecule has 0 unspecified atom stereocenters. The van der Waals surface area contributed by atoms with Gasteiger partial charge in [-0.3, -0.25) is 0 Å². The third-order valence-electron chi connectivity index (χ3n) is 1.91. The van der Waals surface area contributed by atoms with Crippen LogP contribution in [0.25, 0.3) is 10.8 Å². The summed E-state index contributed by atoms with van der Waals surface area (Å²) in [6.07, 6.45) is 0. The van der Waals surface area contributed by atoms with Gasteiger partial charge in [0.15, 0.2) is 0 Å². The molecule has 0 aliphatic carbocycles. The molecule has 1 heteroatoms. The third-order valence-corrected chi connectivity index (χ3v) is 1.91. The molecule has 56 valence electrons. The minimum absolute atomic E-state index is 0.744. The molecule has 0 bridgehead atoms. The molecule has 0 N–H and O–H groups in total. The lowest BCUT2D eigenvalue weighted by atomic mass is 9.94. The van der Waals surface area contributed by atoms with E-state index in [1.165, 1.54) is 0 Å². The van der Waals surface area contributed by atoms with Crippen LogP contribution in [0.15, 0.2) is 42.5 Å². The molecule has 2 aromatic carbocycles. The Bertz CT molecular complexity index is 447. The molecule has 0 amide bonds. The maximum atomic E-state index is 8.79. The number of rotatable bonds is 0. The summed E-state index contributed by atoms with van der Waals surface area (Å²) in [5, 5.41) is 10.9. The number of hydrogen-bond acceptors (Lipinski definition) is 1. The second-order valence-corrected chi connectivity index (χ2v) is 2.64. The molecule has 0 aliphatic heterocycles. The zero-order valence-corrected chi connectivity index (χ0v) is 6.49. The van der Waals surface area contributed by atoms with E-state index < -0.39 is 0 Å². The fraction of sp³-hybridized carbons (Fsp3) is 0. The predicted octanol–water partition coefficient (Wildman–Crippen LogP) is 2.71. The number of benzene rings is 2. The van der Waals surface area contributed by atoms with Crippen LogP contribution in [0.3, 0.4) is 0 Å². The molecule has 0 spiro atoms. The summed E-state index contributed by atoms with van der Waals surface area (Å²) in [5.74, 6) is 0. The smallest absolute Gasteiger partial charge is 0.0998 e. The molecule has 0 aromatic heterocycles. The van der Waals surface area contributed by atoms with Gasteiger partial charge in [0.05, 0.1) is 11.6 Å². The van der Waals surface area contributed by atoms with Gasteiger partial charge in [0.25, 0.3) is 0 Å². The maximum Gasteiger partial charge on any atom is 0.0998 e. The molecule has 12 heavy (non-hydrogen) atoms. The first-order valence-corrected chi connectivity index (χ1v) is 3.79. The highest BCUT2D eigenvalue weighted by atomic mass is 14.2. The fourth-order valence-corrected chi connectivity index (χ4v) is 1.32. The van der Waals surface area contributed by atoms with Crippen LogP contribution in [0.2, 0.25) is 0 Å². The molecule has 0 heterocycles. The molecule has 0 radical (unpaired) electrons. The topological polar surface area (TPSA) is 23.8 Å². The number of hydrogen-bond donors (Lipinski definition) is 0. The van der Waals surface area contributed by atoms with Crippen molar-refractivity contribution < 1.29 is 0 Å². The van der Waals surface area contributed by atoms with Crippen molar-refractivity contribution in [2.75, 3.05) is 0 Å². The average molecular weight is 152 g/mol. The summed E-state index contributed by atoms with van der Waals surface area (Å²) in [4.78, 5) is 0. The Labute approximate surface area is 70.9 Å². The Balaban J connectivity index is 2.91. The van der Waals surface area contributed by atoms with E-state index >= 15 is 0 Å². The zero-order valence-electron chi connectivity index (χ0n) is 6.49. The Kier molecular flexibility index (Phi) is 1.53. The highest BCUT2D eigenvalue weighted by molar-refractivity contribution is 5.87. The summed E-state index contributed by atoms with van der Waals surface area (Å²) < 4.78 is 0. The largest absolute Gasteiger partial charge is 0.192 e. The Morgan fingerprint density at radius 3 is 2.50 bits per heavy atom. The molecule has 0 aliphatic rings. The van der Waals surface area contributed by atoms with Gasteiger partial charge in [-0.2, -0.15) is 5.26 Å². The maximum absolute atomic E-state index is 8.79. The predicted molar refractivity (Wildman–Crippen MR) is 48.7 cm³/mol. The molecule has 0 atom stereocenters. The van der Waals surface area contributed by atoms with Gasteiger partial charge in [-0.1, -0.05) is 36.4 Å². The van der Waals surface area contributed by atoms with E-state index in [4.69, 9.17) is 5.26 Å². The van der Waals surface area contributed by atoms with E-state index in [0.29, 0.717) is 0 Å². The molecule has 0 saturated carbocycles. The standard InChI is InChI=1S/C11H7N/c12-8-10-6-3-5-9-4-1-2-7-11(9)10/h1-7H/i8-1. The van der Waals surface area contributed by atoms with Crippen molar-refractivity contribution in [1.29, 1.82) is 5.26 Å². The lowest BCUT2D eigenvalue weighted by Crippen LogP contribution is -1.77. The second-order valence-electron chi connectivity index (χ2n) is 2.64. The van der Waals surface area contributed by atoms with Crippen LogP contribution in [0, 0.1) is 11.3 Å². The van der Waals surface area contributed by atoms with Crippen molar-refractivity contribution in [3.63, 3.8) is 0 Å². The van der Waals surface area contributed by atoms with E-state index in [1.54, 1.807) is 0 Å². The van der Waals surface area contributed by atoms with E-state index in [1.807, 2.05) is 42.5 Å². The van der Waals surface area contributed by atoms with Crippen molar-refractivity contribution in [2.45, 2.75) is 0 Å². The van der Waals surface area contributed by atoms with Crippen LogP contribution >= 0.6 is 0 Å². The van der Waals surface area contributed by atoms with E-state index in [-0.39, 0.29) is 0 Å². The third kappa shape index (κ3) is 0.943. The average Bonchev–Trinajstić information content (AvgIpc) is 2.17. The SMILES string of the molecule is N#[11C]c1cccc2ccccc12. The van der Waals surface area contributed by atoms with Gasteiger partial charge in [0, 0.05) is 0 Å². The summed E-state index contributed by atoms with van der Waals surface area (Å²) in [5.41, 5.74) is 0.744. The van der Waals surface area contributed by atoms with Crippen LogP contribution in [0.5, 0.6) is 0 Å². The van der Waals surface area contributed by atoms with Crippen molar-refractivity contribution in [2.24, 2.45) is 0 Å². The highest BCUT2D eigenvalue weighted by Crippen LogP contribution is 2.16. The summed E-state index contributed by atoms with van der Waals surface area (Å²) in [6, 6.07) is 15.8. The first-order chi connectivity index (χ1) is 5.92. The number of fused-ring (bicyclic) bond motifs is 1. The van der Waals surface area contributed by atoms with Gasteiger partial charge in [-0.05, 0) is 16.8 Å². The molecular weight excluding hydrogens is 145 g/mol. The van der Waals surface area contributed by atoms with Gasteiger partial charge in [-0.25, -0.2) is 0 Å². The van der Waals surface area contributed by atoms with Crippen LogP contribution in [0.4, 0.5) is 0 Å². The van der Waals surface area contributed by atoms with E-state index in [2.05, 4.69) is 6.07 Å². The first kappa shape index (κ1) is 6.87. The van der Waals surface area contributed by atoms with Crippen molar-refractivity contribution in [1.82, 2.24) is 0 Å². The molecule has 1 nitrogen and oxygen atoms in total. The van der Waals surface area contributed by atoms with Crippen molar-refractivity contribution in [3.8, 4) is 6.07 Å². The quantitative estimate of drug-likeness (QED) is 0.569. The van der Waals surface area contributed by atoms with Gasteiger partial charge in [0.1, 0.15) is 0 Å². The van der Waals surface area contributed by atoms with Crippen molar-refractivity contribution in [3.05, 3.63) is 48.0 Å². The lowest BCUT2D eigenvalue weighted by molar-refractivity contribution is 1.50. The van der Waals surface area contributed by atoms with Crippen LogP contribution in [-0.2, 0) is 0 Å². The fourth-order valence-electron chi connectivity index (χ4n) is 1.32. The summed E-state index contributed by atoms with van der Waals surface area (Å²) in [6.45, 7) is 0. The van der Waals surface area contributed by atoms with Gasteiger partial charge in [0.2, 0.25) is 0 Å². The van der Waals surface area contributed by atoms with Gasteiger partial charge in [-0.15, -0.1) is 0 Å². The summed E-state index contributed by atoms with van der Waals surface area (Å²) in [7, 11) is 0. The molecule has 0 fully saturated rings. The van der Waals surface area contributed by atoms with Crippen LogP contribution in [0.1, 0.15) is 5.56 Å². The minimum Gasteiger partial charge on any atom is -0.192 e. The zero-order chi connectivity index (χ0) is 8.39. The van der Waals surface area contributed by atoms with Crippen LogP contribution < -0.4 is 0 Å². The van der Waals surface area contributed by atoms with E-state index in [0.717, 1.165) is 16.3 Å².